The SMILES string of the molecule is CCCCCCCC/C=C\CCCCCCCCCC(=O)OC(COC(=O)CCCCCCCCCCCCCCCCCCCCCCCCCCC)COP(=O)(O)OCC[N+](C)(C)C. The second-order valence-corrected chi connectivity index (χ2v) is 22.1. The summed E-state index contributed by atoms with van der Waals surface area (Å²) in [6, 6.07) is 0. The third-order valence-electron chi connectivity index (χ3n) is 12.8. The van der Waals surface area contributed by atoms with Crippen LogP contribution in [-0.2, 0) is 32.7 Å². The lowest BCUT2D eigenvalue weighted by Crippen LogP contribution is -2.37. The van der Waals surface area contributed by atoms with Gasteiger partial charge in [-0.1, -0.05) is 244 Å². The van der Waals surface area contributed by atoms with Gasteiger partial charge in [-0.3, -0.25) is 18.6 Å². The van der Waals surface area contributed by atoms with E-state index in [1.54, 1.807) is 0 Å². The Balaban J connectivity index is 4.10. The molecule has 2 unspecified atom stereocenters. The normalized spacial score (nSPS) is 13.4. The van der Waals surface area contributed by atoms with Gasteiger partial charge in [0.2, 0.25) is 0 Å². The van der Waals surface area contributed by atoms with Gasteiger partial charge in [-0.25, -0.2) is 4.57 Å². The molecule has 0 radical (unpaired) electrons. The number of quaternary nitrogens is 1. The van der Waals surface area contributed by atoms with Crippen LogP contribution in [0.15, 0.2) is 12.2 Å². The minimum absolute atomic E-state index is 0.0344. The number of likely N-dealkylation sites (N-methyl/N-ethyl adjacent to an activating group) is 1. The first-order valence-corrected chi connectivity index (χ1v) is 29.9. The van der Waals surface area contributed by atoms with Crippen molar-refractivity contribution in [3.63, 3.8) is 0 Å². The highest BCUT2D eigenvalue weighted by molar-refractivity contribution is 7.47. The number of rotatable bonds is 53. The number of unbranched alkanes of at least 4 members (excludes halogenated alkanes) is 37. The van der Waals surface area contributed by atoms with E-state index in [4.69, 9.17) is 18.5 Å². The maximum atomic E-state index is 12.8. The lowest BCUT2D eigenvalue weighted by Gasteiger charge is -2.24. The molecule has 0 aliphatic rings. The smallest absolute Gasteiger partial charge is 0.462 e. The van der Waals surface area contributed by atoms with Crippen LogP contribution in [0.25, 0.3) is 0 Å². The summed E-state index contributed by atoms with van der Waals surface area (Å²) in [5.74, 6) is -0.785. The van der Waals surface area contributed by atoms with E-state index in [0.29, 0.717) is 23.9 Å². The van der Waals surface area contributed by atoms with E-state index in [1.165, 1.54) is 205 Å². The summed E-state index contributed by atoms with van der Waals surface area (Å²) in [6.07, 6.45) is 55.6. The van der Waals surface area contributed by atoms with E-state index in [9.17, 15) is 19.0 Å². The number of ether oxygens (including phenoxy) is 2. The van der Waals surface area contributed by atoms with E-state index in [0.717, 1.165) is 44.9 Å². The van der Waals surface area contributed by atoms with Crippen LogP contribution in [0.2, 0.25) is 0 Å². The van der Waals surface area contributed by atoms with Gasteiger partial charge in [0.1, 0.15) is 19.8 Å². The van der Waals surface area contributed by atoms with Gasteiger partial charge >= 0.3 is 19.8 Å². The topological polar surface area (TPSA) is 108 Å². The largest absolute Gasteiger partial charge is 0.472 e. The lowest BCUT2D eigenvalue weighted by atomic mass is 10.0. The predicted molar refractivity (Wildman–Crippen MR) is 280 cm³/mol. The van der Waals surface area contributed by atoms with Crippen molar-refractivity contribution >= 4 is 19.8 Å². The van der Waals surface area contributed by atoms with Gasteiger partial charge in [0.05, 0.1) is 27.7 Å². The van der Waals surface area contributed by atoms with Gasteiger partial charge in [0.15, 0.2) is 6.10 Å². The summed E-state index contributed by atoms with van der Waals surface area (Å²) >= 11 is 0. The van der Waals surface area contributed by atoms with Gasteiger partial charge in [0, 0.05) is 12.8 Å². The molecule has 0 aromatic carbocycles. The second-order valence-electron chi connectivity index (χ2n) is 20.7. The highest BCUT2D eigenvalue weighted by Gasteiger charge is 2.27. The zero-order chi connectivity index (χ0) is 48.5. The third kappa shape index (κ3) is 52.1. The molecule has 0 saturated carbocycles. The highest BCUT2D eigenvalue weighted by Crippen LogP contribution is 2.43. The number of esters is 2. The van der Waals surface area contributed by atoms with Gasteiger partial charge in [0.25, 0.3) is 0 Å². The first-order valence-electron chi connectivity index (χ1n) is 28.4. The molecule has 0 heterocycles. The summed E-state index contributed by atoms with van der Waals surface area (Å²) in [5, 5.41) is 0. The van der Waals surface area contributed by atoms with Crippen LogP contribution in [0.1, 0.15) is 284 Å². The molecule has 2 atom stereocenters. The van der Waals surface area contributed by atoms with Crippen molar-refractivity contribution < 1.29 is 42.1 Å². The molecule has 0 aromatic rings. The third-order valence-corrected chi connectivity index (χ3v) is 13.8. The Bertz CT molecular complexity index is 1130. The van der Waals surface area contributed by atoms with Gasteiger partial charge in [-0.15, -0.1) is 0 Å². The van der Waals surface area contributed by atoms with Gasteiger partial charge < -0.3 is 18.9 Å². The van der Waals surface area contributed by atoms with E-state index in [1.807, 2.05) is 21.1 Å². The van der Waals surface area contributed by atoms with Crippen LogP contribution in [-0.4, -0.2) is 74.9 Å². The molecule has 0 spiro atoms. The number of nitrogens with zero attached hydrogens (tertiary/aromatic N) is 1. The Labute approximate surface area is 409 Å². The number of allylic oxidation sites excluding steroid dienone is 2. The minimum atomic E-state index is -4.38. The molecular formula is C56H111NO8P+. The van der Waals surface area contributed by atoms with Crippen LogP contribution < -0.4 is 0 Å². The number of carbonyl (C=O) groups excluding carboxylic acids is 2. The number of carbonyl (C=O) groups is 2. The molecule has 0 aromatic heterocycles. The molecule has 0 amide bonds. The average molecular weight is 957 g/mol. The molecule has 10 heteroatoms. The molecule has 0 saturated heterocycles. The molecule has 9 nitrogen and oxygen atoms in total. The van der Waals surface area contributed by atoms with E-state index >= 15 is 0 Å². The van der Waals surface area contributed by atoms with E-state index in [2.05, 4.69) is 26.0 Å². The monoisotopic (exact) mass is 957 g/mol. The van der Waals surface area contributed by atoms with Crippen LogP contribution >= 0.6 is 7.82 Å². The molecule has 0 fully saturated rings. The van der Waals surface area contributed by atoms with E-state index < -0.39 is 26.5 Å². The summed E-state index contributed by atoms with van der Waals surface area (Å²) in [4.78, 5) is 35.6. The average Bonchev–Trinajstić information content (AvgIpc) is 3.27. The Morgan fingerprint density at radius 1 is 0.455 bits per heavy atom. The second kappa shape index (κ2) is 48.8. The Kier molecular flexibility index (Phi) is 47.8. The molecule has 1 N–H and O–H groups in total. The summed E-state index contributed by atoms with van der Waals surface area (Å²) < 4.78 is 34.5. The number of phosphoric acid groups is 1. The van der Waals surface area contributed by atoms with Crippen molar-refractivity contribution in [2.45, 2.75) is 290 Å². The zero-order valence-corrected chi connectivity index (χ0v) is 45.4. The fourth-order valence-corrected chi connectivity index (χ4v) is 9.11. The minimum Gasteiger partial charge on any atom is -0.462 e. The number of phosphoric ester groups is 1. The van der Waals surface area contributed by atoms with Crippen molar-refractivity contribution in [1.82, 2.24) is 0 Å². The van der Waals surface area contributed by atoms with Gasteiger partial charge in [-0.2, -0.15) is 0 Å². The molecule has 0 rings (SSSR count). The summed E-state index contributed by atoms with van der Waals surface area (Å²) in [6.45, 7) is 4.48. The van der Waals surface area contributed by atoms with Crippen LogP contribution in [0, 0.1) is 0 Å². The highest BCUT2D eigenvalue weighted by atomic mass is 31.2. The van der Waals surface area contributed by atoms with Crippen LogP contribution in [0.4, 0.5) is 0 Å². The van der Waals surface area contributed by atoms with E-state index in [-0.39, 0.29) is 25.6 Å². The van der Waals surface area contributed by atoms with Crippen molar-refractivity contribution in [2.24, 2.45) is 0 Å². The maximum Gasteiger partial charge on any atom is 0.472 e. The molecule has 0 bridgehead atoms. The fourth-order valence-electron chi connectivity index (χ4n) is 8.37. The maximum absolute atomic E-state index is 12.8. The van der Waals surface area contributed by atoms with Gasteiger partial charge in [-0.05, 0) is 38.5 Å². The number of hydrogen-bond acceptors (Lipinski definition) is 7. The Hall–Kier alpha value is -1.25. The molecule has 0 aliphatic heterocycles. The molecular weight excluding hydrogens is 846 g/mol. The van der Waals surface area contributed by atoms with Crippen molar-refractivity contribution in [2.75, 3.05) is 47.5 Å². The summed E-state index contributed by atoms with van der Waals surface area (Å²) in [5.41, 5.74) is 0. The van der Waals surface area contributed by atoms with Crippen LogP contribution in [0.3, 0.4) is 0 Å². The molecule has 0 aliphatic carbocycles. The molecule has 392 valence electrons. The Morgan fingerprint density at radius 2 is 0.773 bits per heavy atom. The lowest BCUT2D eigenvalue weighted by molar-refractivity contribution is -0.870. The van der Waals surface area contributed by atoms with Crippen molar-refractivity contribution in [1.29, 1.82) is 0 Å². The van der Waals surface area contributed by atoms with Crippen molar-refractivity contribution in [3.05, 3.63) is 12.2 Å². The Morgan fingerprint density at radius 3 is 1.12 bits per heavy atom. The first-order chi connectivity index (χ1) is 32.0. The summed E-state index contributed by atoms with van der Waals surface area (Å²) in [7, 11) is 1.49. The molecule has 66 heavy (non-hydrogen) atoms. The quantitative estimate of drug-likeness (QED) is 0.0211. The standard InChI is InChI=1S/C56H110NO8P/c1-6-8-10-12-14-16-18-20-22-24-25-26-27-28-29-30-31-33-34-36-38-40-42-44-46-48-55(58)62-52-54(53-64-66(60,61)63-51-50-57(3,4)5)65-56(59)49-47-45-43-41-39-37-35-32-23-21-19-17-15-13-11-9-7-2/h21,23,54H,6-20,22,24-53H2,1-5H3/p+1/b23-21-. The fraction of sp³-hybridized carbons (Fsp3) is 0.929. The van der Waals surface area contributed by atoms with Crippen molar-refractivity contribution in [3.8, 4) is 0 Å². The first kappa shape index (κ1) is 64.8. The predicted octanol–water partition coefficient (Wildman–Crippen LogP) is 17.3. The zero-order valence-electron chi connectivity index (χ0n) is 44.5. The number of hydrogen-bond donors (Lipinski definition) is 1. The van der Waals surface area contributed by atoms with Crippen LogP contribution in [0.5, 0.6) is 0 Å².